The van der Waals surface area contributed by atoms with Crippen LogP contribution >= 0.6 is 0 Å². The fourth-order valence-corrected chi connectivity index (χ4v) is 4.47. The number of nitrogens with one attached hydrogen (secondary N) is 1. The first-order valence-electron chi connectivity index (χ1n) is 14.3. The Kier molecular flexibility index (Phi) is 15.4. The van der Waals surface area contributed by atoms with Crippen molar-refractivity contribution in [3.63, 3.8) is 0 Å². The van der Waals surface area contributed by atoms with Crippen LogP contribution in [-0.2, 0) is 38.0 Å². The first kappa shape index (κ1) is 33.0. The molecule has 0 unspecified atom stereocenters. The molecule has 2 N–H and O–H groups in total. The summed E-state index contributed by atoms with van der Waals surface area (Å²) in [6.07, 6.45) is 0.747. The molecule has 0 radical (unpaired) electrons. The van der Waals surface area contributed by atoms with Crippen LogP contribution in [0.4, 0.5) is 4.79 Å². The summed E-state index contributed by atoms with van der Waals surface area (Å²) in [5, 5.41) is 11.3. The highest BCUT2D eigenvalue weighted by Gasteiger charge is 2.28. The maximum Gasteiger partial charge on any atom is 0.407 e. The Morgan fingerprint density at radius 1 is 0.643 bits per heavy atom. The van der Waals surface area contributed by atoms with Crippen LogP contribution < -0.4 is 5.32 Å². The molecule has 3 rings (SSSR count). The number of unbranched alkanes of at least 4 members (excludes halogenated alkanes) is 1. The van der Waals surface area contributed by atoms with Crippen molar-refractivity contribution < 1.29 is 47.9 Å². The lowest BCUT2D eigenvalue weighted by molar-refractivity contribution is -0.146. The number of carbonyl (C=O) groups is 3. The van der Waals surface area contributed by atoms with E-state index in [-0.39, 0.29) is 44.5 Å². The third-order valence-electron chi connectivity index (χ3n) is 6.49. The van der Waals surface area contributed by atoms with Gasteiger partial charge in [-0.3, -0.25) is 9.59 Å². The Hall–Kier alpha value is -3.51. The van der Waals surface area contributed by atoms with E-state index in [0.717, 1.165) is 0 Å². The first-order valence-corrected chi connectivity index (χ1v) is 14.3. The van der Waals surface area contributed by atoms with Crippen LogP contribution in [0.25, 0.3) is 11.1 Å². The Bertz CT molecular complexity index is 1060. The van der Waals surface area contributed by atoms with E-state index in [2.05, 4.69) is 29.6 Å². The van der Waals surface area contributed by atoms with Gasteiger partial charge in [0.1, 0.15) is 13.2 Å². The number of hydrogen-bond acceptors (Lipinski definition) is 9. The van der Waals surface area contributed by atoms with Crippen LogP contribution in [0, 0.1) is 0 Å². The topological polar surface area (TPSA) is 139 Å². The highest BCUT2D eigenvalue weighted by atomic mass is 16.6. The Balaban J connectivity index is 1.07. The molecular weight excluding hydrogens is 546 g/mol. The quantitative estimate of drug-likeness (QED) is 0.155. The van der Waals surface area contributed by atoms with Crippen molar-refractivity contribution >= 4 is 18.0 Å². The van der Waals surface area contributed by atoms with Gasteiger partial charge in [-0.05, 0) is 35.1 Å². The molecule has 0 saturated carbocycles. The molecule has 230 valence electrons. The zero-order chi connectivity index (χ0) is 29.8. The smallest absolute Gasteiger partial charge is 0.407 e. The van der Waals surface area contributed by atoms with Crippen molar-refractivity contribution in [3.8, 4) is 11.1 Å². The summed E-state index contributed by atoms with van der Waals surface area (Å²) >= 11 is 0. The van der Waals surface area contributed by atoms with E-state index >= 15 is 0 Å². The van der Waals surface area contributed by atoms with Crippen molar-refractivity contribution in [3.05, 3.63) is 59.7 Å². The third kappa shape index (κ3) is 12.2. The molecule has 11 heteroatoms. The molecule has 0 aromatic heterocycles. The second-order valence-corrected chi connectivity index (χ2v) is 9.52. The summed E-state index contributed by atoms with van der Waals surface area (Å²) in [7, 11) is 0. The number of aliphatic carboxylic acids is 1. The molecule has 0 atom stereocenters. The Labute approximate surface area is 246 Å². The lowest BCUT2D eigenvalue weighted by atomic mass is 9.98. The number of carboxylic acid groups (broad SMARTS) is 1. The predicted octanol–water partition coefficient (Wildman–Crippen LogP) is 3.78. The molecule has 0 aliphatic heterocycles. The SMILES string of the molecule is O=C(O)CCCCC(=O)OCCOCCOCCOCCOCCNC(=O)OCC1c2ccccc2-c2ccccc21. The first-order chi connectivity index (χ1) is 20.6. The van der Waals surface area contributed by atoms with E-state index in [4.69, 9.17) is 33.5 Å². The number of carbonyl (C=O) groups excluding carboxylic acids is 2. The van der Waals surface area contributed by atoms with Crippen molar-refractivity contribution in [2.45, 2.75) is 31.6 Å². The van der Waals surface area contributed by atoms with Gasteiger partial charge in [0.25, 0.3) is 0 Å². The molecule has 0 heterocycles. The van der Waals surface area contributed by atoms with Crippen LogP contribution in [0.1, 0.15) is 42.7 Å². The zero-order valence-electron chi connectivity index (χ0n) is 23.9. The molecule has 42 heavy (non-hydrogen) atoms. The molecule has 1 amide bonds. The fourth-order valence-electron chi connectivity index (χ4n) is 4.47. The minimum absolute atomic E-state index is 0.0275. The number of fused-ring (bicyclic) bond motifs is 3. The zero-order valence-corrected chi connectivity index (χ0v) is 23.9. The molecule has 0 fully saturated rings. The molecule has 2 aromatic carbocycles. The van der Waals surface area contributed by atoms with Gasteiger partial charge in [-0.1, -0.05) is 48.5 Å². The summed E-state index contributed by atoms with van der Waals surface area (Å²) in [5.41, 5.74) is 4.73. The second-order valence-electron chi connectivity index (χ2n) is 9.52. The number of amides is 1. The molecule has 1 aliphatic carbocycles. The monoisotopic (exact) mass is 587 g/mol. The normalized spacial score (nSPS) is 12.0. The van der Waals surface area contributed by atoms with Crippen LogP contribution in [0.2, 0.25) is 0 Å². The van der Waals surface area contributed by atoms with E-state index in [1.807, 2.05) is 24.3 Å². The van der Waals surface area contributed by atoms with Gasteiger partial charge < -0.3 is 38.8 Å². The number of carboxylic acids is 1. The molecule has 0 bridgehead atoms. The van der Waals surface area contributed by atoms with Crippen molar-refractivity contribution in [2.24, 2.45) is 0 Å². The van der Waals surface area contributed by atoms with Gasteiger partial charge in [0.15, 0.2) is 0 Å². The number of ether oxygens (including phenoxy) is 6. The highest BCUT2D eigenvalue weighted by Crippen LogP contribution is 2.44. The summed E-state index contributed by atoms with van der Waals surface area (Å²) in [6, 6.07) is 16.4. The average Bonchev–Trinajstić information content (AvgIpc) is 3.31. The average molecular weight is 588 g/mol. The van der Waals surface area contributed by atoms with Crippen molar-refractivity contribution in [1.82, 2.24) is 5.32 Å². The Morgan fingerprint density at radius 2 is 1.14 bits per heavy atom. The standard InChI is InChI=1S/C31H41NO10/c33-29(34)11-5-6-12-30(35)41-22-21-40-20-19-39-18-17-38-16-15-37-14-13-32-31(36)42-23-28-26-9-3-1-7-24(26)25-8-2-4-10-27(25)28/h1-4,7-10,28H,5-6,11-23H2,(H,32,36)(H,33,34). The maximum absolute atomic E-state index is 12.2. The van der Waals surface area contributed by atoms with Gasteiger partial charge >= 0.3 is 18.0 Å². The van der Waals surface area contributed by atoms with Crippen LogP contribution in [0.5, 0.6) is 0 Å². The third-order valence-corrected chi connectivity index (χ3v) is 6.49. The number of esters is 1. The number of benzene rings is 2. The van der Waals surface area contributed by atoms with Gasteiger partial charge in [0, 0.05) is 25.3 Å². The van der Waals surface area contributed by atoms with Crippen LogP contribution in [0.15, 0.2) is 48.5 Å². The minimum Gasteiger partial charge on any atom is -0.481 e. The van der Waals surface area contributed by atoms with Gasteiger partial charge in [-0.2, -0.15) is 0 Å². The van der Waals surface area contributed by atoms with Gasteiger partial charge in [0.05, 0.1) is 52.9 Å². The molecular formula is C31H41NO10. The van der Waals surface area contributed by atoms with Crippen LogP contribution in [-0.4, -0.2) is 95.8 Å². The molecule has 0 saturated heterocycles. The maximum atomic E-state index is 12.2. The number of alkyl carbamates (subject to hydrolysis) is 1. The molecule has 2 aromatic rings. The predicted molar refractivity (Wildman–Crippen MR) is 153 cm³/mol. The van der Waals surface area contributed by atoms with Gasteiger partial charge in [-0.15, -0.1) is 0 Å². The molecule has 1 aliphatic rings. The number of hydrogen-bond donors (Lipinski definition) is 2. The van der Waals surface area contributed by atoms with E-state index < -0.39 is 12.1 Å². The van der Waals surface area contributed by atoms with E-state index in [1.165, 1.54) is 22.3 Å². The van der Waals surface area contributed by atoms with Gasteiger partial charge in [0.2, 0.25) is 0 Å². The minimum atomic E-state index is -0.866. The summed E-state index contributed by atoms with van der Waals surface area (Å²) in [4.78, 5) is 34.1. The number of rotatable bonds is 22. The van der Waals surface area contributed by atoms with Crippen LogP contribution in [0.3, 0.4) is 0 Å². The summed E-state index contributed by atoms with van der Waals surface area (Å²) in [5.74, 6) is -1.19. The highest BCUT2D eigenvalue weighted by molar-refractivity contribution is 5.79. The lowest BCUT2D eigenvalue weighted by Gasteiger charge is -2.14. The molecule has 11 nitrogen and oxygen atoms in total. The Morgan fingerprint density at radius 3 is 1.71 bits per heavy atom. The fraction of sp³-hybridized carbons (Fsp3) is 0.516. The lowest BCUT2D eigenvalue weighted by Crippen LogP contribution is -2.29. The van der Waals surface area contributed by atoms with E-state index in [9.17, 15) is 14.4 Å². The molecule has 0 spiro atoms. The largest absolute Gasteiger partial charge is 0.481 e. The van der Waals surface area contributed by atoms with Crippen molar-refractivity contribution in [1.29, 1.82) is 0 Å². The second kappa shape index (κ2) is 19.6. The van der Waals surface area contributed by atoms with Gasteiger partial charge in [-0.25, -0.2) is 4.79 Å². The van der Waals surface area contributed by atoms with E-state index in [0.29, 0.717) is 65.6 Å². The van der Waals surface area contributed by atoms with Crippen molar-refractivity contribution in [2.75, 3.05) is 72.6 Å². The summed E-state index contributed by atoms with van der Waals surface area (Å²) < 4.78 is 32.2. The van der Waals surface area contributed by atoms with E-state index in [1.54, 1.807) is 0 Å². The summed E-state index contributed by atoms with van der Waals surface area (Å²) in [6.45, 7) is 3.79.